The first-order valence-electron chi connectivity index (χ1n) is 10.0. The van der Waals surface area contributed by atoms with Crippen LogP contribution in [-0.2, 0) is 16.0 Å². The number of rotatable bonds is 5. The molecule has 2 N–H and O–H groups in total. The zero-order valence-electron chi connectivity index (χ0n) is 16.9. The van der Waals surface area contributed by atoms with E-state index < -0.39 is 0 Å². The molecule has 3 aromatic rings. The second-order valence-electron chi connectivity index (χ2n) is 7.99. The average Bonchev–Trinajstić information content (AvgIpc) is 3.31. The summed E-state index contributed by atoms with van der Waals surface area (Å²) < 4.78 is 7.47. The van der Waals surface area contributed by atoms with Gasteiger partial charge in [-0.2, -0.15) is 5.10 Å². The van der Waals surface area contributed by atoms with Crippen LogP contribution in [0.4, 0.5) is 0 Å². The fraction of sp³-hybridized carbons (Fsp3) is 0.409. The lowest BCUT2D eigenvalue weighted by Crippen LogP contribution is -2.51. The number of hydrogen-bond donors (Lipinski definition) is 2. The Labute approximate surface area is 169 Å². The molecule has 3 heterocycles. The monoisotopic (exact) mass is 394 g/mol. The molecular weight excluding hydrogens is 368 g/mol. The highest BCUT2D eigenvalue weighted by atomic mass is 16.3. The highest BCUT2D eigenvalue weighted by molar-refractivity contribution is 5.88. The lowest BCUT2D eigenvalue weighted by Gasteiger charge is -2.33. The topological polar surface area (TPSA) is 89.2 Å². The van der Waals surface area contributed by atoms with Gasteiger partial charge in [0.1, 0.15) is 5.58 Å². The SMILES string of the molecule is Cc1ccc2occ(CC(=O)N[C@H]3CCC(=O)N[C@@H]3c3ccnn3C(C)C)c2c1. The van der Waals surface area contributed by atoms with Crippen LogP contribution in [-0.4, -0.2) is 27.6 Å². The maximum absolute atomic E-state index is 12.8. The molecule has 1 aliphatic heterocycles. The highest BCUT2D eigenvalue weighted by Gasteiger charge is 2.33. The minimum atomic E-state index is -0.298. The summed E-state index contributed by atoms with van der Waals surface area (Å²) in [4.78, 5) is 24.9. The number of benzene rings is 1. The van der Waals surface area contributed by atoms with Gasteiger partial charge in [0.15, 0.2) is 0 Å². The predicted molar refractivity (Wildman–Crippen MR) is 109 cm³/mol. The van der Waals surface area contributed by atoms with E-state index in [1.807, 2.05) is 49.7 Å². The molecule has 1 fully saturated rings. The van der Waals surface area contributed by atoms with Gasteiger partial charge in [0, 0.05) is 29.6 Å². The lowest BCUT2D eigenvalue weighted by molar-refractivity contribution is -0.127. The Morgan fingerprint density at radius 2 is 2.21 bits per heavy atom. The summed E-state index contributed by atoms with van der Waals surface area (Å²) in [5.74, 6) is -0.0933. The van der Waals surface area contributed by atoms with Gasteiger partial charge in [0.25, 0.3) is 0 Å². The third kappa shape index (κ3) is 3.90. The third-order valence-corrected chi connectivity index (χ3v) is 5.42. The number of aryl methyl sites for hydroxylation is 1. The molecule has 7 heteroatoms. The van der Waals surface area contributed by atoms with Crippen molar-refractivity contribution < 1.29 is 14.0 Å². The predicted octanol–water partition coefficient (Wildman–Crippen LogP) is 3.20. The van der Waals surface area contributed by atoms with Crippen molar-refractivity contribution in [2.45, 2.75) is 58.2 Å². The van der Waals surface area contributed by atoms with E-state index in [4.69, 9.17) is 4.42 Å². The molecule has 2 amide bonds. The maximum atomic E-state index is 12.8. The van der Waals surface area contributed by atoms with Crippen molar-refractivity contribution in [3.05, 3.63) is 53.5 Å². The van der Waals surface area contributed by atoms with Crippen LogP contribution in [0.2, 0.25) is 0 Å². The summed E-state index contributed by atoms with van der Waals surface area (Å²) in [7, 11) is 0. The molecule has 2 atom stereocenters. The molecule has 0 aliphatic carbocycles. The van der Waals surface area contributed by atoms with E-state index in [1.165, 1.54) is 0 Å². The number of carbonyl (C=O) groups is 2. The summed E-state index contributed by atoms with van der Waals surface area (Å²) >= 11 is 0. The van der Waals surface area contributed by atoms with Crippen LogP contribution in [0.5, 0.6) is 0 Å². The lowest BCUT2D eigenvalue weighted by atomic mass is 9.94. The molecule has 0 spiro atoms. The van der Waals surface area contributed by atoms with Gasteiger partial charge in [-0.25, -0.2) is 0 Å². The Balaban J connectivity index is 1.53. The molecule has 0 radical (unpaired) electrons. The summed E-state index contributed by atoms with van der Waals surface area (Å²) in [6.07, 6.45) is 4.60. The van der Waals surface area contributed by atoms with E-state index in [0.717, 1.165) is 27.8 Å². The number of amides is 2. The van der Waals surface area contributed by atoms with E-state index in [2.05, 4.69) is 15.7 Å². The van der Waals surface area contributed by atoms with Crippen molar-refractivity contribution in [3.63, 3.8) is 0 Å². The number of nitrogens with one attached hydrogen (secondary N) is 2. The van der Waals surface area contributed by atoms with Gasteiger partial charge >= 0.3 is 0 Å². The van der Waals surface area contributed by atoms with E-state index >= 15 is 0 Å². The number of aromatic nitrogens is 2. The molecule has 29 heavy (non-hydrogen) atoms. The Hall–Kier alpha value is -3.09. The second-order valence-corrected chi connectivity index (χ2v) is 7.99. The molecule has 1 saturated heterocycles. The minimum Gasteiger partial charge on any atom is -0.464 e. The number of carbonyl (C=O) groups excluding carboxylic acids is 2. The number of nitrogens with zero attached hydrogens (tertiary/aromatic N) is 2. The number of furan rings is 1. The van der Waals surface area contributed by atoms with Gasteiger partial charge in [0.2, 0.25) is 11.8 Å². The summed E-state index contributed by atoms with van der Waals surface area (Å²) in [5.41, 5.74) is 3.67. The van der Waals surface area contributed by atoms with Gasteiger partial charge in [-0.3, -0.25) is 14.3 Å². The fourth-order valence-corrected chi connectivity index (χ4v) is 4.00. The van der Waals surface area contributed by atoms with Crippen LogP contribution in [0.15, 0.2) is 41.1 Å². The first-order valence-corrected chi connectivity index (χ1v) is 10.0. The van der Waals surface area contributed by atoms with Crippen molar-refractivity contribution >= 4 is 22.8 Å². The summed E-state index contributed by atoms with van der Waals surface area (Å²) in [6, 6.07) is 7.53. The third-order valence-electron chi connectivity index (χ3n) is 5.42. The van der Waals surface area contributed by atoms with Crippen LogP contribution in [0.3, 0.4) is 0 Å². The average molecular weight is 394 g/mol. The highest BCUT2D eigenvalue weighted by Crippen LogP contribution is 2.27. The van der Waals surface area contributed by atoms with Gasteiger partial charge < -0.3 is 15.1 Å². The Bertz CT molecular complexity index is 1050. The van der Waals surface area contributed by atoms with E-state index in [-0.39, 0.29) is 36.4 Å². The second kappa shape index (κ2) is 7.73. The molecular formula is C22H26N4O3. The molecule has 0 unspecified atom stereocenters. The Kier molecular flexibility index (Phi) is 5.13. The van der Waals surface area contributed by atoms with Gasteiger partial charge in [0.05, 0.1) is 30.5 Å². The molecule has 2 aromatic heterocycles. The minimum absolute atomic E-state index is 0.00620. The largest absolute Gasteiger partial charge is 0.464 e. The zero-order chi connectivity index (χ0) is 20.5. The Morgan fingerprint density at radius 1 is 1.38 bits per heavy atom. The maximum Gasteiger partial charge on any atom is 0.224 e. The quantitative estimate of drug-likeness (QED) is 0.695. The van der Waals surface area contributed by atoms with Crippen LogP contribution in [0.25, 0.3) is 11.0 Å². The normalized spacial score (nSPS) is 19.5. The number of hydrogen-bond acceptors (Lipinski definition) is 4. The van der Waals surface area contributed by atoms with Gasteiger partial charge in [-0.15, -0.1) is 0 Å². The van der Waals surface area contributed by atoms with Crippen LogP contribution < -0.4 is 10.6 Å². The summed E-state index contributed by atoms with van der Waals surface area (Å²) in [6.45, 7) is 6.10. The molecule has 7 nitrogen and oxygen atoms in total. The van der Waals surface area contributed by atoms with E-state index in [0.29, 0.717) is 12.8 Å². The van der Waals surface area contributed by atoms with Crippen LogP contribution >= 0.6 is 0 Å². The smallest absolute Gasteiger partial charge is 0.224 e. The molecule has 152 valence electrons. The standard InChI is InChI=1S/C22H26N4O3/c1-13(2)26-18(8-9-23-26)22-17(5-7-20(27)25-22)24-21(28)11-15-12-29-19-6-4-14(3)10-16(15)19/h4,6,8-10,12-13,17,22H,5,7,11H2,1-3H3,(H,24,28)(H,25,27)/t17-,22-/m0/s1. The molecule has 1 aliphatic rings. The van der Waals surface area contributed by atoms with Crippen LogP contribution in [0.1, 0.15) is 55.6 Å². The fourth-order valence-electron chi connectivity index (χ4n) is 4.00. The van der Waals surface area contributed by atoms with E-state index in [9.17, 15) is 9.59 Å². The zero-order valence-corrected chi connectivity index (χ0v) is 16.9. The van der Waals surface area contributed by atoms with Crippen molar-refractivity contribution in [2.75, 3.05) is 0 Å². The molecule has 4 rings (SSSR count). The number of piperidine rings is 1. The van der Waals surface area contributed by atoms with Gasteiger partial charge in [-0.1, -0.05) is 11.6 Å². The first kappa shape index (κ1) is 19.2. The molecule has 0 bridgehead atoms. The van der Waals surface area contributed by atoms with Crippen molar-refractivity contribution in [1.82, 2.24) is 20.4 Å². The van der Waals surface area contributed by atoms with Gasteiger partial charge in [-0.05, 0) is 45.4 Å². The van der Waals surface area contributed by atoms with Crippen molar-refractivity contribution in [3.8, 4) is 0 Å². The summed E-state index contributed by atoms with van der Waals surface area (Å²) in [5, 5.41) is 11.5. The van der Waals surface area contributed by atoms with Crippen molar-refractivity contribution in [2.24, 2.45) is 0 Å². The number of fused-ring (bicyclic) bond motifs is 1. The van der Waals surface area contributed by atoms with E-state index in [1.54, 1.807) is 12.5 Å². The van der Waals surface area contributed by atoms with Crippen molar-refractivity contribution in [1.29, 1.82) is 0 Å². The molecule has 1 aromatic carbocycles. The first-order chi connectivity index (χ1) is 13.9. The Morgan fingerprint density at radius 3 is 3.00 bits per heavy atom. The van der Waals surface area contributed by atoms with Crippen LogP contribution in [0, 0.1) is 6.92 Å². The molecule has 0 saturated carbocycles.